The summed E-state index contributed by atoms with van der Waals surface area (Å²) in [4.78, 5) is 58.0. The van der Waals surface area contributed by atoms with Gasteiger partial charge in [0.25, 0.3) is 0 Å². The van der Waals surface area contributed by atoms with Gasteiger partial charge in [0, 0.05) is 19.4 Å². The van der Waals surface area contributed by atoms with E-state index in [0.29, 0.717) is 32.4 Å². The molecule has 2 rings (SSSR count). The van der Waals surface area contributed by atoms with Crippen LogP contribution in [0, 0.1) is 20.8 Å². The van der Waals surface area contributed by atoms with E-state index in [4.69, 9.17) is 11.5 Å². The van der Waals surface area contributed by atoms with E-state index in [1.54, 1.807) is 12.1 Å². The van der Waals surface area contributed by atoms with Gasteiger partial charge in [0.15, 0.2) is 5.96 Å². The minimum absolute atomic E-state index is 0.0904. The normalized spacial score (nSPS) is 13.8. The predicted octanol–water partition coefficient (Wildman–Crippen LogP) is 0.815. The van der Waals surface area contributed by atoms with Crippen molar-refractivity contribution in [1.82, 2.24) is 31.2 Å². The first-order chi connectivity index (χ1) is 23.8. The van der Waals surface area contributed by atoms with Gasteiger partial charge in [-0.25, -0.2) is 0 Å². The van der Waals surface area contributed by atoms with E-state index >= 15 is 0 Å². The molecule has 7 atom stereocenters. The summed E-state index contributed by atoms with van der Waals surface area (Å²) in [5.74, 6) is -1.90. The van der Waals surface area contributed by atoms with Gasteiger partial charge in [0.1, 0.15) is 23.9 Å². The van der Waals surface area contributed by atoms with Crippen molar-refractivity contribution >= 4 is 57.8 Å². The lowest BCUT2D eigenvalue weighted by Gasteiger charge is -2.27. The Balaban J connectivity index is 2.35. The monoisotopic (exact) mass is 749 g/mol. The number of phenols is 1. The van der Waals surface area contributed by atoms with Crippen molar-refractivity contribution < 1.29 is 24.3 Å². The van der Waals surface area contributed by atoms with Gasteiger partial charge in [0.05, 0.1) is 6.04 Å². The van der Waals surface area contributed by atoms with Crippen molar-refractivity contribution in [2.45, 2.75) is 89.9 Å². The summed E-state index contributed by atoms with van der Waals surface area (Å²) in [6.07, 6.45) is 2.82. The number of carbonyl (C=O) groups is 4. The van der Waals surface area contributed by atoms with Crippen LogP contribution in [0.15, 0.2) is 41.4 Å². The van der Waals surface area contributed by atoms with Crippen LogP contribution in [-0.4, -0.2) is 72.0 Å². The molecule has 4 amide bonds. The molecule has 0 heterocycles. The van der Waals surface area contributed by atoms with Crippen LogP contribution in [0.2, 0.25) is 0 Å². The molecule has 2 aromatic carbocycles. The molecule has 50 heavy (non-hydrogen) atoms. The van der Waals surface area contributed by atoms with Gasteiger partial charge < -0.3 is 42.7 Å². The van der Waals surface area contributed by atoms with Crippen molar-refractivity contribution in [3.63, 3.8) is 0 Å². The Morgan fingerprint density at radius 2 is 1.38 bits per heavy atom. The van der Waals surface area contributed by atoms with E-state index in [1.807, 2.05) is 45.0 Å². The maximum absolute atomic E-state index is 14.1. The second-order valence-electron chi connectivity index (χ2n) is 12.3. The first-order valence-electron chi connectivity index (χ1n) is 16.5. The van der Waals surface area contributed by atoms with E-state index in [9.17, 15) is 24.3 Å². The lowest BCUT2D eigenvalue weighted by atomic mass is 9.95. The molecule has 0 aliphatic heterocycles. The molecule has 0 spiro atoms. The average molecular weight is 750 g/mol. The summed E-state index contributed by atoms with van der Waals surface area (Å²) in [6.45, 7) is 6.63. The van der Waals surface area contributed by atoms with Crippen LogP contribution < -0.4 is 42.7 Å². The minimum Gasteiger partial charge on any atom is -0.508 e. The smallest absolute Gasteiger partial charge is 0.243 e. The molecule has 11 N–H and O–H groups in total. The molecule has 2 aromatic rings. The van der Waals surface area contributed by atoms with Gasteiger partial charge >= 0.3 is 0 Å². The van der Waals surface area contributed by atoms with Gasteiger partial charge in [-0.1, -0.05) is 48.6 Å². The van der Waals surface area contributed by atoms with Gasteiger partial charge in [-0.05, 0) is 103 Å². The molecule has 7 unspecified atom stereocenters. The maximum Gasteiger partial charge on any atom is 0.243 e. The van der Waals surface area contributed by atoms with Crippen molar-refractivity contribution in [2.75, 3.05) is 13.1 Å². The quantitative estimate of drug-likeness (QED) is 0.0381. The van der Waals surface area contributed by atoms with Crippen molar-refractivity contribution in [2.24, 2.45) is 16.5 Å². The Morgan fingerprint density at radius 3 is 1.98 bits per heavy atom. The van der Waals surface area contributed by atoms with Crippen molar-refractivity contribution in [1.29, 1.82) is 0 Å². The number of benzene rings is 2. The summed E-state index contributed by atoms with van der Waals surface area (Å²) in [6, 6.07) is 6.98. The Morgan fingerprint density at radius 1 is 0.780 bits per heavy atom. The van der Waals surface area contributed by atoms with E-state index in [-0.39, 0.29) is 31.0 Å². The third kappa shape index (κ3) is 14.8. The molecule has 0 fully saturated rings. The minimum atomic E-state index is -1.08. The molecule has 0 saturated carbocycles. The number of rotatable bonds is 21. The summed E-state index contributed by atoms with van der Waals surface area (Å²) in [5.41, 5.74) is 15.5. The number of aliphatic imine (C=N–C) groups is 1. The highest BCUT2D eigenvalue weighted by molar-refractivity contribution is 7.15. The van der Waals surface area contributed by atoms with Crippen LogP contribution in [0.4, 0.5) is 0 Å². The van der Waals surface area contributed by atoms with Gasteiger partial charge in [-0.2, -0.15) is 0 Å². The fraction of sp³-hybridized carbons (Fsp3) is 0.485. The Kier molecular flexibility index (Phi) is 19.2. The molecule has 0 saturated heterocycles. The van der Waals surface area contributed by atoms with Crippen LogP contribution in [0.25, 0.3) is 0 Å². The lowest BCUT2D eigenvalue weighted by Crippen LogP contribution is -2.58. The fourth-order valence-corrected chi connectivity index (χ4v) is 6.11. The zero-order valence-corrected chi connectivity index (χ0v) is 32.5. The SMILES string of the molecule is Cc1cccc(CC(NC(=O)C(CCCCNP)NC(=O)C(Cc2c(C)cc(O)cc2C)NC(=O)C(CCCN=C(N)NP)NP)C(N)=O)c1. The van der Waals surface area contributed by atoms with Crippen LogP contribution in [-0.2, 0) is 32.0 Å². The zero-order chi connectivity index (χ0) is 37.2. The van der Waals surface area contributed by atoms with Crippen molar-refractivity contribution in [3.8, 4) is 5.75 Å². The van der Waals surface area contributed by atoms with Crippen LogP contribution in [0.5, 0.6) is 5.75 Å². The molecular weight excluding hydrogens is 695 g/mol. The number of nitrogens with two attached hydrogens (primary N) is 2. The molecule has 0 aromatic heterocycles. The van der Waals surface area contributed by atoms with E-state index in [2.05, 4.69) is 64.4 Å². The summed E-state index contributed by atoms with van der Waals surface area (Å²) >= 11 is 0. The molecular formula is C33H54N9O5P3. The predicted molar refractivity (Wildman–Crippen MR) is 208 cm³/mol. The molecule has 14 nitrogen and oxygen atoms in total. The molecule has 276 valence electrons. The number of hydrogen-bond donors (Lipinski definition) is 9. The summed E-state index contributed by atoms with van der Waals surface area (Å²) < 4.78 is 0. The van der Waals surface area contributed by atoms with E-state index < -0.39 is 47.8 Å². The lowest BCUT2D eigenvalue weighted by molar-refractivity contribution is -0.133. The van der Waals surface area contributed by atoms with Gasteiger partial charge in [-0.15, -0.1) is 0 Å². The summed E-state index contributed by atoms with van der Waals surface area (Å²) in [5, 5.41) is 27.2. The number of phenolic OH excluding ortho intramolecular Hbond substituents is 1. The molecule has 0 bridgehead atoms. The van der Waals surface area contributed by atoms with Gasteiger partial charge in [-0.3, -0.25) is 29.3 Å². The topological polar surface area (TPSA) is 225 Å². The number of guanidine groups is 1. The van der Waals surface area contributed by atoms with E-state index in [0.717, 1.165) is 34.2 Å². The average Bonchev–Trinajstić information content (AvgIpc) is 3.06. The summed E-state index contributed by atoms with van der Waals surface area (Å²) in [7, 11) is 7.03. The standard InChI is InChI=1S/C33H54N9O5P3/c1-19-8-6-9-22(14-19)17-27(29(34)44)39-30(45)25(10-4-5-13-37-48)38-32(47)28(18-24-20(2)15-23(43)16-21(24)3)40-31(46)26(41-49)11-7-12-36-33(35)42-50/h6,8-9,14-16,25-28,37,41,43H,4-5,7,10-13,17-18,48-50H2,1-3H3,(H2,34,44)(H,38,47)(H,39,45)(H,40,46)(H3,35,36,42). The first kappa shape index (κ1) is 42.8. The number of unbranched alkanes of at least 4 members (excludes halogenated alkanes) is 1. The Hall–Kier alpha value is -3.40. The first-order valence-corrected chi connectivity index (χ1v) is 18.2. The Labute approximate surface area is 302 Å². The van der Waals surface area contributed by atoms with Gasteiger partial charge in [0.2, 0.25) is 23.6 Å². The number of nitrogens with one attached hydrogen (secondary N) is 6. The second kappa shape index (κ2) is 22.4. The number of amides is 4. The third-order valence-electron chi connectivity index (χ3n) is 8.20. The van der Waals surface area contributed by atoms with Crippen LogP contribution in [0.3, 0.4) is 0 Å². The number of aromatic hydroxyl groups is 1. The number of carbonyl (C=O) groups excluding carboxylic acids is 4. The van der Waals surface area contributed by atoms with Crippen LogP contribution in [0.1, 0.15) is 59.9 Å². The van der Waals surface area contributed by atoms with Crippen molar-refractivity contribution in [3.05, 3.63) is 64.2 Å². The molecule has 0 aliphatic carbocycles. The highest BCUT2D eigenvalue weighted by Gasteiger charge is 2.31. The number of nitrogens with zero attached hydrogens (tertiary/aromatic N) is 1. The highest BCUT2D eigenvalue weighted by Crippen LogP contribution is 2.22. The number of aryl methyl sites for hydroxylation is 3. The molecule has 0 aliphatic rings. The molecule has 17 heteroatoms. The number of primary amides is 1. The fourth-order valence-electron chi connectivity index (χ4n) is 5.50. The van der Waals surface area contributed by atoms with Crippen LogP contribution >= 0.6 is 28.2 Å². The van der Waals surface area contributed by atoms with E-state index in [1.165, 1.54) is 0 Å². The zero-order valence-electron chi connectivity index (χ0n) is 29.1. The third-order valence-corrected chi connectivity index (χ3v) is 9.19. The number of hydrogen-bond acceptors (Lipinski definition) is 8. The second-order valence-corrected chi connectivity index (χ2v) is 13.3. The Bertz CT molecular complexity index is 1460. The highest BCUT2D eigenvalue weighted by atomic mass is 31.0. The largest absolute Gasteiger partial charge is 0.508 e. The molecule has 0 radical (unpaired) electrons. The maximum atomic E-state index is 14.1.